The number of benzene rings is 2. The SMILES string of the molecule is COC(C)/C(=C\C=C\S(=O)(=O)c1ccccc1)S(=O)(=O)c1ccc([N+](=O)[O-])cc1. The molecule has 0 aromatic heterocycles. The maximum atomic E-state index is 12.9. The fourth-order valence-electron chi connectivity index (χ4n) is 2.37. The molecule has 0 aliphatic rings. The van der Waals surface area contributed by atoms with E-state index in [1.807, 2.05) is 0 Å². The van der Waals surface area contributed by atoms with Crippen LogP contribution in [0.2, 0.25) is 0 Å². The zero-order valence-electron chi connectivity index (χ0n) is 15.6. The number of hydrogen-bond acceptors (Lipinski definition) is 7. The van der Waals surface area contributed by atoms with E-state index in [9.17, 15) is 26.9 Å². The summed E-state index contributed by atoms with van der Waals surface area (Å²) in [6.45, 7) is 1.49. The molecule has 0 amide bonds. The molecule has 0 spiro atoms. The highest BCUT2D eigenvalue weighted by Crippen LogP contribution is 2.25. The number of ether oxygens (including phenoxy) is 1. The van der Waals surface area contributed by atoms with Crippen LogP contribution >= 0.6 is 0 Å². The fraction of sp³-hybridized carbons (Fsp3) is 0.158. The van der Waals surface area contributed by atoms with Crippen molar-refractivity contribution in [3.63, 3.8) is 0 Å². The van der Waals surface area contributed by atoms with Crippen LogP contribution in [-0.2, 0) is 24.4 Å². The highest BCUT2D eigenvalue weighted by Gasteiger charge is 2.26. The number of non-ortho nitro benzene ring substituents is 1. The van der Waals surface area contributed by atoms with Gasteiger partial charge in [0.25, 0.3) is 5.69 Å². The van der Waals surface area contributed by atoms with Crippen molar-refractivity contribution >= 4 is 25.4 Å². The van der Waals surface area contributed by atoms with Gasteiger partial charge in [0, 0.05) is 24.7 Å². The van der Waals surface area contributed by atoms with Crippen LogP contribution in [-0.4, -0.2) is 35.0 Å². The number of allylic oxidation sites excluding steroid dienone is 2. The molecule has 0 saturated heterocycles. The van der Waals surface area contributed by atoms with Gasteiger partial charge in [-0.3, -0.25) is 10.1 Å². The van der Waals surface area contributed by atoms with E-state index >= 15 is 0 Å². The van der Waals surface area contributed by atoms with Crippen molar-refractivity contribution in [3.05, 3.63) is 87.2 Å². The maximum absolute atomic E-state index is 12.9. The van der Waals surface area contributed by atoms with Gasteiger partial charge < -0.3 is 4.74 Å². The highest BCUT2D eigenvalue weighted by molar-refractivity contribution is 7.95. The minimum Gasteiger partial charge on any atom is -0.376 e. The molecule has 0 heterocycles. The smallest absolute Gasteiger partial charge is 0.269 e. The first-order chi connectivity index (χ1) is 13.6. The minimum absolute atomic E-state index is 0.0733. The molecular formula is C19H19NO7S2. The van der Waals surface area contributed by atoms with Crippen LogP contribution in [0.25, 0.3) is 0 Å². The Labute approximate surface area is 169 Å². The van der Waals surface area contributed by atoms with Gasteiger partial charge in [0.15, 0.2) is 9.84 Å². The third kappa shape index (κ3) is 5.37. The summed E-state index contributed by atoms with van der Waals surface area (Å²) >= 11 is 0. The van der Waals surface area contributed by atoms with Crippen LogP contribution < -0.4 is 0 Å². The summed E-state index contributed by atoms with van der Waals surface area (Å²) in [7, 11) is -6.51. The molecule has 0 aliphatic carbocycles. The average molecular weight is 437 g/mol. The fourth-order valence-corrected chi connectivity index (χ4v) is 4.91. The number of sulfone groups is 2. The quantitative estimate of drug-likeness (QED) is 0.353. The molecule has 10 heteroatoms. The number of nitro groups is 1. The molecule has 154 valence electrons. The molecule has 0 bridgehead atoms. The third-order valence-electron chi connectivity index (χ3n) is 4.01. The standard InChI is InChI=1S/C19H19NO7S2/c1-15(27-2)19(9-6-14-28(23,24)17-7-4-3-5-8-17)29(25,26)18-12-10-16(11-13-18)20(21)22/h3-15H,1-2H3/b14-6+,19-9+. The number of hydrogen-bond donors (Lipinski definition) is 0. The van der Waals surface area contributed by atoms with E-state index in [0.717, 1.165) is 41.8 Å². The molecule has 0 N–H and O–H groups in total. The van der Waals surface area contributed by atoms with E-state index < -0.39 is 30.7 Å². The monoisotopic (exact) mass is 437 g/mol. The Morgan fingerprint density at radius 1 is 1.00 bits per heavy atom. The summed E-state index contributed by atoms with van der Waals surface area (Å²) in [5.41, 5.74) is -0.247. The summed E-state index contributed by atoms with van der Waals surface area (Å²) in [4.78, 5) is 9.84. The lowest BCUT2D eigenvalue weighted by molar-refractivity contribution is -0.384. The summed E-state index contributed by atoms with van der Waals surface area (Å²) in [6.07, 6.45) is 1.39. The van der Waals surface area contributed by atoms with Crippen molar-refractivity contribution < 1.29 is 26.5 Å². The van der Waals surface area contributed by atoms with Crippen molar-refractivity contribution in [1.82, 2.24) is 0 Å². The van der Waals surface area contributed by atoms with E-state index in [4.69, 9.17) is 4.74 Å². The lowest BCUT2D eigenvalue weighted by Crippen LogP contribution is -2.18. The molecule has 2 aromatic carbocycles. The van der Waals surface area contributed by atoms with Crippen LogP contribution in [0.5, 0.6) is 0 Å². The van der Waals surface area contributed by atoms with Crippen LogP contribution in [0.15, 0.2) is 86.9 Å². The normalized spacial score (nSPS) is 14.1. The van der Waals surface area contributed by atoms with Gasteiger partial charge in [0.2, 0.25) is 9.84 Å². The Balaban J connectivity index is 2.44. The van der Waals surface area contributed by atoms with Crippen molar-refractivity contribution in [2.75, 3.05) is 7.11 Å². The van der Waals surface area contributed by atoms with Gasteiger partial charge >= 0.3 is 0 Å². The molecule has 0 fully saturated rings. The molecule has 29 heavy (non-hydrogen) atoms. The maximum Gasteiger partial charge on any atom is 0.269 e. The molecule has 0 aliphatic heterocycles. The Hall–Kier alpha value is -2.82. The van der Waals surface area contributed by atoms with Crippen molar-refractivity contribution in [2.24, 2.45) is 0 Å². The second kappa shape index (κ2) is 9.12. The van der Waals surface area contributed by atoms with Gasteiger partial charge in [0.05, 0.1) is 25.7 Å². The number of rotatable bonds is 8. The van der Waals surface area contributed by atoms with Crippen LogP contribution in [0.3, 0.4) is 0 Å². The van der Waals surface area contributed by atoms with E-state index in [0.29, 0.717) is 0 Å². The Morgan fingerprint density at radius 3 is 2.10 bits per heavy atom. The zero-order chi connectivity index (χ0) is 21.7. The topological polar surface area (TPSA) is 121 Å². The van der Waals surface area contributed by atoms with Gasteiger partial charge in [-0.2, -0.15) is 0 Å². The molecule has 2 rings (SSSR count). The van der Waals surface area contributed by atoms with E-state index in [-0.39, 0.29) is 20.4 Å². The molecule has 2 aromatic rings. The van der Waals surface area contributed by atoms with E-state index in [1.165, 1.54) is 26.2 Å². The van der Waals surface area contributed by atoms with Gasteiger partial charge in [-0.1, -0.05) is 18.2 Å². The first kappa shape index (κ1) is 22.5. The lowest BCUT2D eigenvalue weighted by atomic mass is 10.3. The number of methoxy groups -OCH3 is 1. The van der Waals surface area contributed by atoms with E-state index in [1.54, 1.807) is 18.2 Å². The largest absolute Gasteiger partial charge is 0.376 e. The molecular weight excluding hydrogens is 418 g/mol. The third-order valence-corrected chi connectivity index (χ3v) is 7.44. The second-order valence-electron chi connectivity index (χ2n) is 5.89. The number of nitrogens with zero attached hydrogens (tertiary/aromatic N) is 1. The Bertz CT molecular complexity index is 1130. The average Bonchev–Trinajstić information content (AvgIpc) is 2.71. The van der Waals surface area contributed by atoms with Gasteiger partial charge in [0.1, 0.15) is 0 Å². The van der Waals surface area contributed by atoms with Crippen molar-refractivity contribution in [1.29, 1.82) is 0 Å². The summed E-state index contributed by atoms with van der Waals surface area (Å²) in [5, 5.41) is 11.7. The predicted octanol–water partition coefficient (Wildman–Crippen LogP) is 3.27. The Kier molecular flexibility index (Phi) is 7.07. The van der Waals surface area contributed by atoms with Crippen molar-refractivity contribution in [2.45, 2.75) is 22.8 Å². The first-order valence-electron chi connectivity index (χ1n) is 8.30. The molecule has 1 atom stereocenters. The first-order valence-corrected chi connectivity index (χ1v) is 11.3. The van der Waals surface area contributed by atoms with Crippen LogP contribution in [0, 0.1) is 10.1 Å². The molecule has 1 unspecified atom stereocenters. The van der Waals surface area contributed by atoms with Gasteiger partial charge in [-0.05, 0) is 43.3 Å². The van der Waals surface area contributed by atoms with E-state index in [2.05, 4.69) is 0 Å². The Morgan fingerprint density at radius 2 is 1.59 bits per heavy atom. The van der Waals surface area contributed by atoms with Crippen molar-refractivity contribution in [3.8, 4) is 0 Å². The van der Waals surface area contributed by atoms with Gasteiger partial charge in [-0.15, -0.1) is 0 Å². The summed E-state index contributed by atoms with van der Waals surface area (Å²) in [6, 6.07) is 12.1. The number of nitro benzene ring substituents is 1. The lowest BCUT2D eigenvalue weighted by Gasteiger charge is -2.14. The van der Waals surface area contributed by atoms with Crippen LogP contribution in [0.4, 0.5) is 5.69 Å². The van der Waals surface area contributed by atoms with Gasteiger partial charge in [-0.25, -0.2) is 16.8 Å². The second-order valence-corrected chi connectivity index (χ2v) is 9.67. The minimum atomic E-state index is -4.07. The van der Waals surface area contributed by atoms with Crippen LogP contribution in [0.1, 0.15) is 6.92 Å². The highest BCUT2D eigenvalue weighted by atomic mass is 32.2. The molecule has 0 saturated carbocycles. The predicted molar refractivity (Wildman–Crippen MR) is 108 cm³/mol. The zero-order valence-corrected chi connectivity index (χ0v) is 17.3. The summed E-state index contributed by atoms with van der Waals surface area (Å²) < 4.78 is 55.6. The summed E-state index contributed by atoms with van der Waals surface area (Å²) in [5.74, 6) is 0. The molecule has 0 radical (unpaired) electrons. The molecule has 8 nitrogen and oxygen atoms in total.